The quantitative estimate of drug-likeness (QED) is 0.606. The number of benzene rings is 2. The molecule has 0 amide bonds. The van der Waals surface area contributed by atoms with Crippen LogP contribution in [0, 0.1) is 0 Å². The number of nitrogens with zero attached hydrogens (tertiary/aromatic N) is 2. The van der Waals surface area contributed by atoms with Crippen molar-refractivity contribution in [2.24, 2.45) is 0 Å². The normalized spacial score (nSPS) is 13.8. The lowest BCUT2D eigenvalue weighted by molar-refractivity contribution is -0.530. The lowest BCUT2D eigenvalue weighted by Crippen LogP contribution is -2.19. The van der Waals surface area contributed by atoms with Gasteiger partial charge in [-0.1, -0.05) is 36.4 Å². The monoisotopic (exact) mass is 310 g/mol. The van der Waals surface area contributed by atoms with Gasteiger partial charge in [0.25, 0.3) is 0 Å². The van der Waals surface area contributed by atoms with Gasteiger partial charge in [0.15, 0.2) is 0 Å². The van der Waals surface area contributed by atoms with Gasteiger partial charge in [0.05, 0.1) is 40.4 Å². The zero-order valence-corrected chi connectivity index (χ0v) is 13.7. The third-order valence-electron chi connectivity index (χ3n) is 4.03. The zero-order valence-electron chi connectivity index (χ0n) is 13.7. The predicted octanol–water partition coefficient (Wildman–Crippen LogP) is 2.64. The van der Waals surface area contributed by atoms with E-state index in [-0.39, 0.29) is 0 Å². The Hall–Kier alpha value is -2.49. The molecular formula is C19H22N2O2. The Balaban J connectivity index is 1.69. The van der Waals surface area contributed by atoms with Crippen LogP contribution in [-0.4, -0.2) is 43.1 Å². The first kappa shape index (κ1) is 15.4. The molecule has 3 rings (SSSR count). The fourth-order valence-corrected chi connectivity index (χ4v) is 2.85. The van der Waals surface area contributed by atoms with Gasteiger partial charge in [-0.05, 0) is 12.1 Å². The van der Waals surface area contributed by atoms with Gasteiger partial charge in [-0.25, -0.2) is 0 Å². The van der Waals surface area contributed by atoms with Crippen LogP contribution in [0.4, 0.5) is 0 Å². The van der Waals surface area contributed by atoms with Gasteiger partial charge >= 0.3 is 0 Å². The molecule has 0 bridgehead atoms. The topological polar surface area (TPSA) is 24.7 Å². The summed E-state index contributed by atoms with van der Waals surface area (Å²) in [7, 11) is 3.43. The van der Waals surface area contributed by atoms with Crippen molar-refractivity contribution in [2.75, 3.05) is 27.3 Å². The van der Waals surface area contributed by atoms with E-state index in [1.54, 1.807) is 14.2 Å². The highest BCUT2D eigenvalue weighted by Gasteiger charge is 2.13. The molecule has 0 fully saturated rings. The lowest BCUT2D eigenvalue weighted by atomic mass is 10.2. The van der Waals surface area contributed by atoms with Crippen LogP contribution in [0.3, 0.4) is 0 Å². The van der Waals surface area contributed by atoms with Gasteiger partial charge in [-0.2, -0.15) is 0 Å². The summed E-state index contributed by atoms with van der Waals surface area (Å²) < 4.78 is 13.0. The molecule has 4 nitrogen and oxygen atoms in total. The van der Waals surface area contributed by atoms with Crippen LogP contribution in [0.2, 0.25) is 0 Å². The third-order valence-corrected chi connectivity index (χ3v) is 4.03. The maximum Gasteiger partial charge on any atom is 0.125 e. The minimum absolute atomic E-state index is 0.812. The average molecular weight is 310 g/mol. The number of methoxy groups -OCH3 is 2. The second kappa shape index (κ2) is 7.18. The van der Waals surface area contributed by atoms with Crippen molar-refractivity contribution >= 4 is 6.34 Å². The maximum atomic E-state index is 5.42. The minimum atomic E-state index is 0.812. The van der Waals surface area contributed by atoms with E-state index < -0.39 is 0 Å². The Kier molecular flexibility index (Phi) is 4.81. The summed E-state index contributed by atoms with van der Waals surface area (Å²) in [4.78, 5) is 2.20. The van der Waals surface area contributed by atoms with E-state index in [0.29, 0.717) is 0 Å². The molecule has 23 heavy (non-hydrogen) atoms. The molecule has 2 aromatic rings. The molecule has 0 radical (unpaired) electrons. The largest absolute Gasteiger partial charge is 0.496 e. The van der Waals surface area contributed by atoms with Crippen molar-refractivity contribution in [1.29, 1.82) is 0 Å². The van der Waals surface area contributed by atoms with Crippen LogP contribution in [0.25, 0.3) is 0 Å². The SMILES string of the molecule is COc1ccccc1CN1[C-]=[N+](Cc2ccccc2OC)CC1. The number of rotatable bonds is 6. The molecule has 0 saturated carbocycles. The van der Waals surface area contributed by atoms with Crippen LogP contribution in [0.15, 0.2) is 48.5 Å². The summed E-state index contributed by atoms with van der Waals surface area (Å²) in [5.41, 5.74) is 2.36. The first-order chi connectivity index (χ1) is 11.3. The molecule has 1 heterocycles. The van der Waals surface area contributed by atoms with Crippen LogP contribution in [-0.2, 0) is 13.1 Å². The van der Waals surface area contributed by atoms with E-state index in [4.69, 9.17) is 9.47 Å². The molecule has 2 aromatic carbocycles. The number of hydrogen-bond donors (Lipinski definition) is 0. The fraction of sp³-hybridized carbons (Fsp3) is 0.316. The molecule has 0 aromatic heterocycles. The van der Waals surface area contributed by atoms with Crippen LogP contribution in [0.5, 0.6) is 11.5 Å². The second-order valence-corrected chi connectivity index (χ2v) is 5.57. The molecule has 0 spiro atoms. The van der Waals surface area contributed by atoms with E-state index in [2.05, 4.69) is 27.9 Å². The molecule has 0 N–H and O–H groups in total. The smallest absolute Gasteiger partial charge is 0.125 e. The average Bonchev–Trinajstić information content (AvgIpc) is 3.03. The lowest BCUT2D eigenvalue weighted by Gasteiger charge is -2.18. The molecule has 0 saturated heterocycles. The van der Waals surface area contributed by atoms with Gasteiger partial charge in [-0.15, -0.1) is 6.34 Å². The number of ether oxygens (including phenoxy) is 2. The molecule has 0 unspecified atom stereocenters. The Bertz CT molecular complexity index is 697. The summed E-state index contributed by atoms with van der Waals surface area (Å²) in [6, 6.07) is 16.3. The Labute approximate surface area is 137 Å². The minimum Gasteiger partial charge on any atom is -0.496 e. The van der Waals surface area contributed by atoms with E-state index in [0.717, 1.165) is 37.7 Å². The number of para-hydroxylation sites is 2. The van der Waals surface area contributed by atoms with Crippen LogP contribution in [0.1, 0.15) is 11.1 Å². The second-order valence-electron chi connectivity index (χ2n) is 5.57. The van der Waals surface area contributed by atoms with Crippen LogP contribution >= 0.6 is 0 Å². The van der Waals surface area contributed by atoms with Crippen molar-refractivity contribution in [2.45, 2.75) is 13.1 Å². The molecule has 4 heteroatoms. The molecular weight excluding hydrogens is 288 g/mol. The molecule has 0 aliphatic carbocycles. The summed E-state index contributed by atoms with van der Waals surface area (Å²) in [5, 5.41) is 0. The van der Waals surface area contributed by atoms with Crippen molar-refractivity contribution in [3.05, 3.63) is 59.7 Å². The van der Waals surface area contributed by atoms with Gasteiger partial charge in [0, 0.05) is 11.1 Å². The van der Waals surface area contributed by atoms with Gasteiger partial charge in [-0.3, -0.25) is 0 Å². The van der Waals surface area contributed by atoms with Crippen LogP contribution < -0.4 is 9.47 Å². The Morgan fingerprint density at radius 2 is 1.57 bits per heavy atom. The highest BCUT2D eigenvalue weighted by Crippen LogP contribution is 2.21. The van der Waals surface area contributed by atoms with Crippen molar-refractivity contribution < 1.29 is 14.0 Å². The Morgan fingerprint density at radius 1 is 0.957 bits per heavy atom. The molecule has 1 aliphatic heterocycles. The zero-order chi connectivity index (χ0) is 16.1. The molecule has 120 valence electrons. The van der Waals surface area contributed by atoms with E-state index in [1.807, 2.05) is 36.4 Å². The standard InChI is InChI=1S/C19H22N2O2/c1-22-18-9-5-3-7-16(18)13-20-11-12-21(15-20)14-17-8-4-6-10-19(17)23-2/h3-10H,11-14H2,1-2H3. The third kappa shape index (κ3) is 3.65. The van der Waals surface area contributed by atoms with E-state index in [1.165, 1.54) is 11.1 Å². The highest BCUT2D eigenvalue weighted by atomic mass is 16.5. The summed E-state index contributed by atoms with van der Waals surface area (Å²) in [6.07, 6.45) is 3.45. The first-order valence-corrected chi connectivity index (χ1v) is 7.80. The van der Waals surface area contributed by atoms with Gasteiger partial charge in [0.2, 0.25) is 0 Å². The van der Waals surface area contributed by atoms with Crippen molar-refractivity contribution in [3.8, 4) is 11.5 Å². The molecule has 1 aliphatic rings. The van der Waals surface area contributed by atoms with Gasteiger partial charge in [0.1, 0.15) is 11.5 Å². The van der Waals surface area contributed by atoms with Crippen molar-refractivity contribution in [3.63, 3.8) is 0 Å². The van der Waals surface area contributed by atoms with E-state index in [9.17, 15) is 0 Å². The fourth-order valence-electron chi connectivity index (χ4n) is 2.85. The van der Waals surface area contributed by atoms with E-state index >= 15 is 0 Å². The van der Waals surface area contributed by atoms with Gasteiger partial charge < -0.3 is 18.9 Å². The number of hydrogen-bond acceptors (Lipinski definition) is 3. The van der Waals surface area contributed by atoms with Crippen molar-refractivity contribution in [1.82, 2.24) is 4.90 Å². The molecule has 0 atom stereocenters. The predicted molar refractivity (Wildman–Crippen MR) is 90.2 cm³/mol. The summed E-state index contributed by atoms with van der Waals surface area (Å²) in [5.74, 6) is 1.86. The summed E-state index contributed by atoms with van der Waals surface area (Å²) in [6.45, 7) is 3.55. The first-order valence-electron chi connectivity index (χ1n) is 7.80. The maximum absolute atomic E-state index is 5.42. The summed E-state index contributed by atoms with van der Waals surface area (Å²) >= 11 is 0. The highest BCUT2D eigenvalue weighted by molar-refractivity contribution is 5.51. The Morgan fingerprint density at radius 3 is 2.26 bits per heavy atom.